The lowest BCUT2D eigenvalue weighted by Gasteiger charge is -2.38. The molecule has 8 nitrogen and oxygen atoms in total. The third kappa shape index (κ3) is 4.41. The summed E-state index contributed by atoms with van der Waals surface area (Å²) >= 11 is 0. The smallest absolute Gasteiger partial charge is 0.322 e. The summed E-state index contributed by atoms with van der Waals surface area (Å²) in [5.74, 6) is 2.85. The maximum atomic E-state index is 13.4. The molecule has 1 N–H and O–H groups in total. The maximum Gasteiger partial charge on any atom is 0.322 e. The van der Waals surface area contributed by atoms with Gasteiger partial charge in [-0.2, -0.15) is 0 Å². The highest BCUT2D eigenvalue weighted by Crippen LogP contribution is 2.34. The molecule has 0 saturated carbocycles. The summed E-state index contributed by atoms with van der Waals surface area (Å²) in [7, 11) is 0. The first-order chi connectivity index (χ1) is 15.7. The predicted molar refractivity (Wildman–Crippen MR) is 120 cm³/mol. The van der Waals surface area contributed by atoms with Gasteiger partial charge in [0.25, 0.3) is 0 Å². The van der Waals surface area contributed by atoms with Crippen molar-refractivity contribution in [3.63, 3.8) is 0 Å². The lowest BCUT2D eigenvalue weighted by molar-refractivity contribution is 0.126. The maximum absolute atomic E-state index is 13.4. The van der Waals surface area contributed by atoms with Gasteiger partial charge in [-0.15, -0.1) is 0 Å². The molecular formula is C24H29N3O5. The van der Waals surface area contributed by atoms with Crippen molar-refractivity contribution >= 4 is 11.7 Å². The van der Waals surface area contributed by atoms with Gasteiger partial charge in [-0.05, 0) is 49.2 Å². The van der Waals surface area contributed by atoms with E-state index < -0.39 is 0 Å². The van der Waals surface area contributed by atoms with Crippen LogP contribution >= 0.6 is 0 Å². The Bertz CT molecular complexity index is 974. The lowest BCUT2D eigenvalue weighted by atomic mass is 10.0. The number of anilines is 1. The van der Waals surface area contributed by atoms with Crippen molar-refractivity contribution in [2.45, 2.75) is 32.4 Å². The van der Waals surface area contributed by atoms with Crippen LogP contribution in [-0.2, 0) is 6.54 Å². The van der Waals surface area contributed by atoms with Crippen LogP contribution in [0.2, 0.25) is 0 Å². The van der Waals surface area contributed by atoms with Gasteiger partial charge in [0.2, 0.25) is 6.79 Å². The number of nitrogens with zero attached hydrogens (tertiary/aromatic N) is 2. The number of piperidine rings is 1. The second kappa shape index (κ2) is 9.16. The first-order valence-electron chi connectivity index (χ1n) is 11.3. The number of carbonyl (C=O) groups excluding carboxylic acids is 1. The monoisotopic (exact) mass is 439 g/mol. The molecule has 0 spiro atoms. The van der Waals surface area contributed by atoms with Crippen molar-refractivity contribution in [1.82, 2.24) is 9.80 Å². The highest BCUT2D eigenvalue weighted by atomic mass is 16.7. The van der Waals surface area contributed by atoms with E-state index in [0.29, 0.717) is 36.9 Å². The number of likely N-dealkylation sites (tertiary alicyclic amines) is 1. The first kappa shape index (κ1) is 20.8. The molecule has 3 heterocycles. The highest BCUT2D eigenvalue weighted by Gasteiger charge is 2.28. The van der Waals surface area contributed by atoms with Crippen molar-refractivity contribution in [1.29, 1.82) is 0 Å². The minimum absolute atomic E-state index is 0.116. The predicted octanol–water partition coefficient (Wildman–Crippen LogP) is 3.70. The second-order valence-corrected chi connectivity index (χ2v) is 8.27. The summed E-state index contributed by atoms with van der Waals surface area (Å²) in [6.45, 7) is 7.01. The molecular weight excluding hydrogens is 410 g/mol. The lowest BCUT2D eigenvalue weighted by Crippen LogP contribution is -2.48. The Balaban J connectivity index is 1.34. The van der Waals surface area contributed by atoms with Crippen molar-refractivity contribution in [2.75, 3.05) is 45.0 Å². The van der Waals surface area contributed by atoms with Crippen molar-refractivity contribution in [3.05, 3.63) is 42.0 Å². The summed E-state index contributed by atoms with van der Waals surface area (Å²) in [4.78, 5) is 17.8. The molecule has 2 aromatic carbocycles. The number of urea groups is 1. The molecule has 2 aromatic rings. The third-order valence-corrected chi connectivity index (χ3v) is 6.29. The molecule has 3 aliphatic heterocycles. The number of amides is 2. The summed E-state index contributed by atoms with van der Waals surface area (Å²) < 4.78 is 22.2. The van der Waals surface area contributed by atoms with Crippen LogP contribution < -0.4 is 24.3 Å². The quantitative estimate of drug-likeness (QED) is 0.766. The number of hydrogen-bond acceptors (Lipinski definition) is 6. The average molecular weight is 440 g/mol. The summed E-state index contributed by atoms with van der Waals surface area (Å²) in [5, 5.41) is 3.07. The van der Waals surface area contributed by atoms with Crippen molar-refractivity contribution in [3.8, 4) is 23.0 Å². The van der Waals surface area contributed by atoms with E-state index in [1.165, 1.54) is 0 Å². The van der Waals surface area contributed by atoms with Gasteiger partial charge in [-0.3, -0.25) is 0 Å². The Morgan fingerprint density at radius 2 is 1.66 bits per heavy atom. The number of fused-ring (bicyclic) bond motifs is 2. The van der Waals surface area contributed by atoms with E-state index >= 15 is 0 Å². The number of carbonyl (C=O) groups is 1. The zero-order chi connectivity index (χ0) is 21.9. The van der Waals surface area contributed by atoms with Crippen LogP contribution in [0.5, 0.6) is 23.0 Å². The highest BCUT2D eigenvalue weighted by molar-refractivity contribution is 5.90. The van der Waals surface area contributed by atoms with Gasteiger partial charge in [0, 0.05) is 37.4 Å². The average Bonchev–Trinajstić information content (AvgIpc) is 3.30. The van der Waals surface area contributed by atoms with Gasteiger partial charge in [0.1, 0.15) is 13.2 Å². The van der Waals surface area contributed by atoms with Crippen LogP contribution in [0.25, 0.3) is 0 Å². The molecule has 1 saturated heterocycles. The van der Waals surface area contributed by atoms with Crippen LogP contribution in [0, 0.1) is 0 Å². The Labute approximate surface area is 188 Å². The second-order valence-electron chi connectivity index (χ2n) is 8.27. The van der Waals surface area contributed by atoms with Gasteiger partial charge in [-0.1, -0.05) is 13.0 Å². The fourth-order valence-electron chi connectivity index (χ4n) is 4.47. The largest absolute Gasteiger partial charge is 0.486 e. The van der Waals surface area contributed by atoms with Crippen LogP contribution in [0.4, 0.5) is 10.5 Å². The fraction of sp³-hybridized carbons (Fsp3) is 0.458. The van der Waals surface area contributed by atoms with E-state index in [4.69, 9.17) is 18.9 Å². The van der Waals surface area contributed by atoms with Crippen molar-refractivity contribution < 1.29 is 23.7 Å². The Morgan fingerprint density at radius 3 is 2.47 bits per heavy atom. The first-order valence-corrected chi connectivity index (χ1v) is 11.3. The molecule has 32 heavy (non-hydrogen) atoms. The van der Waals surface area contributed by atoms with E-state index in [1.54, 1.807) is 0 Å². The standard InChI is InChI=1S/C24H29N3O5/c1-2-26-9-7-19(8-10-26)27(15-17-3-5-21-22(13-17)32-16-31-21)24(28)25-18-4-6-20-23(14-18)30-12-11-29-20/h3-6,13-14,19H,2,7-12,15-16H2,1H3,(H,25,28). The van der Waals surface area contributed by atoms with E-state index in [0.717, 1.165) is 49.5 Å². The molecule has 2 amide bonds. The number of benzene rings is 2. The molecule has 0 aliphatic carbocycles. The molecule has 5 rings (SSSR count). The Kier molecular flexibility index (Phi) is 5.94. The number of hydrogen-bond donors (Lipinski definition) is 1. The zero-order valence-corrected chi connectivity index (χ0v) is 18.3. The molecule has 0 atom stereocenters. The van der Waals surface area contributed by atoms with Crippen LogP contribution in [-0.4, -0.2) is 61.5 Å². The van der Waals surface area contributed by atoms with E-state index in [-0.39, 0.29) is 18.9 Å². The SMILES string of the molecule is CCN1CCC(N(Cc2ccc3c(c2)OCO3)C(=O)Nc2ccc3c(c2)OCCO3)CC1. The zero-order valence-electron chi connectivity index (χ0n) is 18.3. The van der Waals surface area contributed by atoms with E-state index in [2.05, 4.69) is 17.1 Å². The van der Waals surface area contributed by atoms with Gasteiger partial charge in [-0.25, -0.2) is 4.79 Å². The summed E-state index contributed by atoms with van der Waals surface area (Å²) in [5.41, 5.74) is 1.71. The molecule has 170 valence electrons. The number of nitrogens with one attached hydrogen (secondary N) is 1. The minimum atomic E-state index is -0.116. The van der Waals surface area contributed by atoms with Crippen LogP contribution in [0.3, 0.4) is 0 Å². The minimum Gasteiger partial charge on any atom is -0.486 e. The van der Waals surface area contributed by atoms with Gasteiger partial charge in [0.05, 0.1) is 0 Å². The Hall–Kier alpha value is -3.13. The normalized spacial score (nSPS) is 17.8. The Morgan fingerprint density at radius 1 is 0.969 bits per heavy atom. The van der Waals surface area contributed by atoms with E-state index in [1.807, 2.05) is 41.3 Å². The van der Waals surface area contributed by atoms with Crippen molar-refractivity contribution in [2.24, 2.45) is 0 Å². The molecule has 0 aromatic heterocycles. The number of ether oxygens (including phenoxy) is 4. The fourth-order valence-corrected chi connectivity index (χ4v) is 4.47. The van der Waals surface area contributed by atoms with Crippen LogP contribution in [0.15, 0.2) is 36.4 Å². The topological polar surface area (TPSA) is 72.5 Å². The molecule has 8 heteroatoms. The molecule has 0 unspecified atom stereocenters. The number of rotatable bonds is 5. The van der Waals surface area contributed by atoms with E-state index in [9.17, 15) is 4.79 Å². The van der Waals surface area contributed by atoms with Gasteiger partial charge >= 0.3 is 6.03 Å². The molecule has 1 fully saturated rings. The van der Waals surface area contributed by atoms with Gasteiger partial charge < -0.3 is 34.1 Å². The summed E-state index contributed by atoms with van der Waals surface area (Å²) in [6.07, 6.45) is 1.90. The molecule has 0 radical (unpaired) electrons. The van der Waals surface area contributed by atoms with Crippen LogP contribution in [0.1, 0.15) is 25.3 Å². The summed E-state index contributed by atoms with van der Waals surface area (Å²) in [6, 6.07) is 11.4. The molecule has 0 bridgehead atoms. The third-order valence-electron chi connectivity index (χ3n) is 6.29. The van der Waals surface area contributed by atoms with Gasteiger partial charge in [0.15, 0.2) is 23.0 Å². The molecule has 3 aliphatic rings.